The lowest BCUT2D eigenvalue weighted by molar-refractivity contribution is 0.102. The summed E-state index contributed by atoms with van der Waals surface area (Å²) in [6, 6.07) is 16.7. The highest BCUT2D eigenvalue weighted by molar-refractivity contribution is 7.21. The summed E-state index contributed by atoms with van der Waals surface area (Å²) in [6.07, 6.45) is 1.76. The predicted octanol–water partition coefficient (Wildman–Crippen LogP) is 5.33. The van der Waals surface area contributed by atoms with Gasteiger partial charge in [0, 0.05) is 23.0 Å². The molecule has 0 saturated carbocycles. The standard InChI is InChI=1S/C25H21N5O3S/c1-14-16(24-28-19-8-5-11-26-25(19)34-24)6-4-7-18(14)27-23(31)21-13-20(29-30-21)17-12-15(32-2)9-10-22(17)33-3/h4-13H,1-3H3,(H,27,31)(H,29,30). The monoisotopic (exact) mass is 471 g/mol. The number of hydrogen-bond donors (Lipinski definition) is 2. The van der Waals surface area contributed by atoms with E-state index >= 15 is 0 Å². The van der Waals surface area contributed by atoms with Crippen LogP contribution in [-0.2, 0) is 0 Å². The van der Waals surface area contributed by atoms with Crippen molar-refractivity contribution in [3.63, 3.8) is 0 Å². The molecule has 2 N–H and O–H groups in total. The predicted molar refractivity (Wildman–Crippen MR) is 133 cm³/mol. The van der Waals surface area contributed by atoms with Crippen molar-refractivity contribution in [3.05, 3.63) is 72.1 Å². The molecule has 0 saturated heterocycles. The number of anilines is 1. The molecule has 3 heterocycles. The number of benzene rings is 2. The first kappa shape index (κ1) is 21.6. The topological polar surface area (TPSA) is 102 Å². The van der Waals surface area contributed by atoms with Crippen molar-refractivity contribution in [2.75, 3.05) is 19.5 Å². The summed E-state index contributed by atoms with van der Waals surface area (Å²) >= 11 is 1.52. The third kappa shape index (κ3) is 3.97. The van der Waals surface area contributed by atoms with Crippen LogP contribution in [-0.4, -0.2) is 40.3 Å². The zero-order chi connectivity index (χ0) is 23.7. The average molecular weight is 472 g/mol. The van der Waals surface area contributed by atoms with E-state index in [4.69, 9.17) is 14.5 Å². The summed E-state index contributed by atoms with van der Waals surface area (Å²) in [5, 5.41) is 11.0. The number of hydrogen-bond acceptors (Lipinski definition) is 7. The summed E-state index contributed by atoms with van der Waals surface area (Å²) in [7, 11) is 3.18. The van der Waals surface area contributed by atoms with E-state index in [1.807, 2.05) is 43.3 Å². The van der Waals surface area contributed by atoms with E-state index < -0.39 is 0 Å². The van der Waals surface area contributed by atoms with Gasteiger partial charge < -0.3 is 14.8 Å². The summed E-state index contributed by atoms with van der Waals surface area (Å²) in [4.78, 5) is 23.0. The maximum Gasteiger partial charge on any atom is 0.273 e. The van der Waals surface area contributed by atoms with Crippen LogP contribution in [0.1, 0.15) is 16.1 Å². The Morgan fingerprint density at radius 3 is 2.71 bits per heavy atom. The summed E-state index contributed by atoms with van der Waals surface area (Å²) in [5.41, 5.74) is 5.05. The molecule has 5 rings (SSSR count). The number of ether oxygens (including phenoxy) is 2. The molecule has 8 nitrogen and oxygen atoms in total. The molecular formula is C25H21N5O3S. The smallest absolute Gasteiger partial charge is 0.273 e. The number of nitrogens with one attached hydrogen (secondary N) is 2. The molecule has 170 valence electrons. The van der Waals surface area contributed by atoms with Crippen LogP contribution in [0.15, 0.2) is 60.8 Å². The Morgan fingerprint density at radius 2 is 1.91 bits per heavy atom. The van der Waals surface area contributed by atoms with E-state index in [0.717, 1.165) is 32.0 Å². The van der Waals surface area contributed by atoms with Crippen LogP contribution in [0.5, 0.6) is 11.5 Å². The average Bonchev–Trinajstić information content (AvgIpc) is 3.52. The molecule has 0 radical (unpaired) electrons. The van der Waals surface area contributed by atoms with Crippen molar-refractivity contribution in [2.24, 2.45) is 0 Å². The van der Waals surface area contributed by atoms with Crippen molar-refractivity contribution >= 4 is 33.3 Å². The van der Waals surface area contributed by atoms with E-state index in [9.17, 15) is 4.79 Å². The van der Waals surface area contributed by atoms with Crippen LogP contribution in [0.4, 0.5) is 5.69 Å². The highest BCUT2D eigenvalue weighted by Crippen LogP contribution is 2.35. The number of aromatic nitrogens is 4. The Bertz CT molecular complexity index is 1470. The second kappa shape index (κ2) is 8.95. The number of aromatic amines is 1. The van der Waals surface area contributed by atoms with Crippen LogP contribution in [0.3, 0.4) is 0 Å². The van der Waals surface area contributed by atoms with Gasteiger partial charge in [-0.2, -0.15) is 5.10 Å². The third-order valence-electron chi connectivity index (χ3n) is 5.48. The van der Waals surface area contributed by atoms with Gasteiger partial charge in [-0.1, -0.05) is 23.5 Å². The second-order valence-corrected chi connectivity index (χ2v) is 8.49. The Balaban J connectivity index is 1.42. The molecule has 5 aromatic rings. The SMILES string of the molecule is COc1ccc(OC)c(-c2cc(C(=O)Nc3cccc(-c4nc5cccnc5s4)c3C)[nH]n2)c1. The van der Waals surface area contributed by atoms with E-state index in [1.165, 1.54) is 11.3 Å². The van der Waals surface area contributed by atoms with Crippen molar-refractivity contribution in [1.82, 2.24) is 20.2 Å². The van der Waals surface area contributed by atoms with Gasteiger partial charge in [0.25, 0.3) is 5.91 Å². The van der Waals surface area contributed by atoms with Crippen LogP contribution < -0.4 is 14.8 Å². The molecule has 0 aliphatic rings. The molecule has 0 atom stereocenters. The van der Waals surface area contributed by atoms with Gasteiger partial charge in [0.2, 0.25) is 0 Å². The molecule has 9 heteroatoms. The van der Waals surface area contributed by atoms with E-state index in [2.05, 4.69) is 20.5 Å². The van der Waals surface area contributed by atoms with Crippen molar-refractivity contribution in [3.8, 4) is 33.3 Å². The lowest BCUT2D eigenvalue weighted by Crippen LogP contribution is -2.13. The number of fused-ring (bicyclic) bond motifs is 1. The quantitative estimate of drug-likeness (QED) is 0.347. The van der Waals surface area contributed by atoms with Crippen LogP contribution in [0.2, 0.25) is 0 Å². The Kier molecular flexibility index (Phi) is 5.69. The van der Waals surface area contributed by atoms with Gasteiger partial charge in [-0.15, -0.1) is 0 Å². The van der Waals surface area contributed by atoms with Gasteiger partial charge in [0.1, 0.15) is 32.5 Å². The number of carbonyl (C=O) groups excluding carboxylic acids is 1. The number of amides is 1. The number of carbonyl (C=O) groups is 1. The van der Waals surface area contributed by atoms with E-state index in [0.29, 0.717) is 28.6 Å². The van der Waals surface area contributed by atoms with Gasteiger partial charge in [0.15, 0.2) is 0 Å². The number of thiazole rings is 1. The lowest BCUT2D eigenvalue weighted by Gasteiger charge is -2.10. The molecule has 1 amide bonds. The van der Waals surface area contributed by atoms with Crippen molar-refractivity contribution < 1.29 is 14.3 Å². The summed E-state index contributed by atoms with van der Waals surface area (Å²) in [5.74, 6) is 1.00. The molecular weight excluding hydrogens is 450 g/mol. The zero-order valence-electron chi connectivity index (χ0n) is 18.7. The minimum absolute atomic E-state index is 0.299. The largest absolute Gasteiger partial charge is 0.497 e. The summed E-state index contributed by atoms with van der Waals surface area (Å²) < 4.78 is 10.7. The fourth-order valence-electron chi connectivity index (χ4n) is 3.67. The molecule has 0 aliphatic carbocycles. The highest BCUT2D eigenvalue weighted by atomic mass is 32.1. The zero-order valence-corrected chi connectivity index (χ0v) is 19.6. The van der Waals surface area contributed by atoms with Crippen molar-refractivity contribution in [2.45, 2.75) is 6.92 Å². The Hall–Kier alpha value is -4.24. The molecule has 0 spiro atoms. The number of nitrogens with zero attached hydrogens (tertiary/aromatic N) is 3. The van der Waals surface area contributed by atoms with Crippen molar-refractivity contribution in [1.29, 1.82) is 0 Å². The molecule has 0 fully saturated rings. The van der Waals surface area contributed by atoms with E-state index in [-0.39, 0.29) is 5.91 Å². The van der Waals surface area contributed by atoms with Gasteiger partial charge in [-0.3, -0.25) is 9.89 Å². The van der Waals surface area contributed by atoms with Gasteiger partial charge in [-0.05, 0) is 55.0 Å². The van der Waals surface area contributed by atoms with Gasteiger partial charge >= 0.3 is 0 Å². The van der Waals surface area contributed by atoms with Crippen LogP contribution in [0, 0.1) is 6.92 Å². The molecule has 0 bridgehead atoms. The molecule has 0 unspecified atom stereocenters. The fraction of sp³-hybridized carbons (Fsp3) is 0.120. The maximum atomic E-state index is 13.0. The molecule has 34 heavy (non-hydrogen) atoms. The van der Waals surface area contributed by atoms with Gasteiger partial charge in [-0.25, -0.2) is 9.97 Å². The lowest BCUT2D eigenvalue weighted by atomic mass is 10.1. The highest BCUT2D eigenvalue weighted by Gasteiger charge is 2.17. The number of rotatable bonds is 6. The van der Waals surface area contributed by atoms with E-state index in [1.54, 1.807) is 38.6 Å². The normalized spacial score (nSPS) is 10.9. The molecule has 3 aromatic heterocycles. The first-order chi connectivity index (χ1) is 16.6. The maximum absolute atomic E-state index is 13.0. The summed E-state index contributed by atoms with van der Waals surface area (Å²) in [6.45, 7) is 1.96. The second-order valence-electron chi connectivity index (χ2n) is 7.51. The first-order valence-corrected chi connectivity index (χ1v) is 11.3. The minimum Gasteiger partial charge on any atom is -0.497 e. The Morgan fingerprint density at radius 1 is 1.03 bits per heavy atom. The number of pyridine rings is 1. The first-order valence-electron chi connectivity index (χ1n) is 10.5. The molecule has 0 aliphatic heterocycles. The van der Waals surface area contributed by atoms with Gasteiger partial charge in [0.05, 0.1) is 19.9 Å². The fourth-order valence-corrected chi connectivity index (χ4v) is 4.66. The third-order valence-corrected chi connectivity index (χ3v) is 6.50. The van der Waals surface area contributed by atoms with Crippen LogP contribution in [0.25, 0.3) is 32.2 Å². The molecule has 2 aromatic carbocycles. The van der Waals surface area contributed by atoms with Crippen LogP contribution >= 0.6 is 11.3 Å². The Labute approximate surface area is 199 Å². The number of methoxy groups -OCH3 is 2. The number of H-pyrrole nitrogens is 1. The minimum atomic E-state index is -0.299.